The second kappa shape index (κ2) is 3.44. The van der Waals surface area contributed by atoms with Crippen molar-refractivity contribution in [2.24, 2.45) is 23.2 Å². The van der Waals surface area contributed by atoms with Crippen LogP contribution in [0, 0.1) is 23.2 Å². The molecule has 4 bridgehead atoms. The number of rotatable bonds is 2. The summed E-state index contributed by atoms with van der Waals surface area (Å²) in [4.78, 5) is 13.8. The summed E-state index contributed by atoms with van der Waals surface area (Å²) in [5.74, 6) is 3.08. The minimum absolute atomic E-state index is 0.0552. The molecule has 5 rings (SSSR count). The molecule has 0 aliphatic heterocycles. The Kier molecular flexibility index (Phi) is 2.09. The van der Waals surface area contributed by atoms with E-state index in [1.165, 1.54) is 38.5 Å². The van der Waals surface area contributed by atoms with Crippen molar-refractivity contribution in [3.8, 4) is 0 Å². The number of ketones is 1. The third-order valence-electron chi connectivity index (χ3n) is 5.26. The average molecular weight is 246 g/mol. The van der Waals surface area contributed by atoms with E-state index >= 15 is 0 Å². The number of hydrogen-bond donors (Lipinski definition) is 0. The molecule has 4 aliphatic rings. The fourth-order valence-corrected chi connectivity index (χ4v) is 5.84. The predicted molar refractivity (Wildman–Crippen MR) is 69.3 cm³/mol. The van der Waals surface area contributed by atoms with Crippen molar-refractivity contribution in [2.75, 3.05) is 0 Å². The van der Waals surface area contributed by atoms with Gasteiger partial charge < -0.3 is 0 Å². The molecule has 0 atom stereocenters. The lowest BCUT2D eigenvalue weighted by atomic mass is 9.48. The van der Waals surface area contributed by atoms with E-state index in [0.717, 1.165) is 22.6 Å². The largest absolute Gasteiger partial charge is 0.293 e. The maximum Gasteiger partial charge on any atom is 0.178 e. The van der Waals surface area contributed by atoms with Gasteiger partial charge in [0.15, 0.2) is 5.78 Å². The van der Waals surface area contributed by atoms with Gasteiger partial charge in [-0.3, -0.25) is 4.79 Å². The molecule has 1 heterocycles. The van der Waals surface area contributed by atoms with Gasteiger partial charge in [0.25, 0.3) is 0 Å². The number of thiophene rings is 1. The molecule has 2 heteroatoms. The number of hydrogen-bond acceptors (Lipinski definition) is 2. The van der Waals surface area contributed by atoms with E-state index in [1.807, 2.05) is 17.5 Å². The summed E-state index contributed by atoms with van der Waals surface area (Å²) in [5.41, 5.74) is 0.0552. The first-order chi connectivity index (χ1) is 8.25. The van der Waals surface area contributed by atoms with E-state index in [1.54, 1.807) is 11.3 Å². The molecular weight excluding hydrogens is 228 g/mol. The molecule has 0 unspecified atom stereocenters. The van der Waals surface area contributed by atoms with Crippen LogP contribution >= 0.6 is 11.3 Å². The van der Waals surface area contributed by atoms with Crippen LogP contribution in [0.15, 0.2) is 17.5 Å². The van der Waals surface area contributed by atoms with E-state index in [9.17, 15) is 4.79 Å². The fraction of sp³-hybridized carbons (Fsp3) is 0.667. The van der Waals surface area contributed by atoms with E-state index in [0.29, 0.717) is 5.78 Å². The monoisotopic (exact) mass is 246 g/mol. The minimum Gasteiger partial charge on any atom is -0.293 e. The Bertz CT molecular complexity index is 410. The highest BCUT2D eigenvalue weighted by Crippen LogP contribution is 2.61. The molecule has 4 saturated carbocycles. The zero-order valence-corrected chi connectivity index (χ0v) is 10.8. The van der Waals surface area contributed by atoms with Crippen molar-refractivity contribution < 1.29 is 4.79 Å². The quantitative estimate of drug-likeness (QED) is 0.716. The molecule has 0 amide bonds. The lowest BCUT2D eigenvalue weighted by Crippen LogP contribution is -2.49. The number of Topliss-reactive ketones (excluding diaryl/α,β-unsaturated/α-hetero) is 1. The Morgan fingerprint density at radius 1 is 1.12 bits per heavy atom. The summed E-state index contributed by atoms with van der Waals surface area (Å²) in [6.07, 6.45) is 7.81. The second-order valence-corrected chi connectivity index (χ2v) is 7.45. The van der Waals surface area contributed by atoms with Crippen molar-refractivity contribution in [1.29, 1.82) is 0 Å². The molecule has 4 aliphatic carbocycles. The molecular formula is C15H18OS. The third-order valence-corrected chi connectivity index (χ3v) is 6.13. The van der Waals surface area contributed by atoms with Crippen LogP contribution in [-0.2, 0) is 0 Å². The van der Waals surface area contributed by atoms with Crippen molar-refractivity contribution in [3.05, 3.63) is 22.4 Å². The molecule has 4 fully saturated rings. The highest BCUT2D eigenvalue weighted by atomic mass is 32.1. The highest BCUT2D eigenvalue weighted by Gasteiger charge is 2.54. The van der Waals surface area contributed by atoms with Crippen LogP contribution in [0.25, 0.3) is 0 Å². The number of carbonyl (C=O) groups is 1. The van der Waals surface area contributed by atoms with E-state index in [-0.39, 0.29) is 5.41 Å². The smallest absolute Gasteiger partial charge is 0.178 e. The molecule has 0 saturated heterocycles. The molecule has 0 aromatic carbocycles. The molecule has 1 aromatic heterocycles. The van der Waals surface area contributed by atoms with Crippen LogP contribution < -0.4 is 0 Å². The van der Waals surface area contributed by atoms with Crippen LogP contribution in [0.3, 0.4) is 0 Å². The van der Waals surface area contributed by atoms with Crippen LogP contribution in [0.5, 0.6) is 0 Å². The zero-order chi connectivity index (χ0) is 11.5. The second-order valence-electron chi connectivity index (χ2n) is 6.50. The minimum atomic E-state index is 0.0552. The topological polar surface area (TPSA) is 17.1 Å². The molecule has 90 valence electrons. The van der Waals surface area contributed by atoms with Gasteiger partial charge in [-0.1, -0.05) is 6.07 Å². The first kappa shape index (κ1) is 10.3. The summed E-state index contributed by atoms with van der Waals surface area (Å²) in [6, 6.07) is 4.03. The Balaban J connectivity index is 1.71. The van der Waals surface area contributed by atoms with Crippen LogP contribution in [0.1, 0.15) is 48.2 Å². The van der Waals surface area contributed by atoms with Crippen LogP contribution in [0.4, 0.5) is 0 Å². The van der Waals surface area contributed by atoms with Gasteiger partial charge in [-0.15, -0.1) is 11.3 Å². The van der Waals surface area contributed by atoms with Gasteiger partial charge in [-0.25, -0.2) is 0 Å². The molecule has 0 radical (unpaired) electrons. The van der Waals surface area contributed by atoms with Gasteiger partial charge in [-0.05, 0) is 67.7 Å². The SMILES string of the molecule is O=C(c1cccs1)C12CC3CC(CC(C3)C1)C2. The van der Waals surface area contributed by atoms with Crippen molar-refractivity contribution in [3.63, 3.8) is 0 Å². The maximum absolute atomic E-state index is 12.8. The third kappa shape index (κ3) is 1.46. The summed E-state index contributed by atoms with van der Waals surface area (Å²) in [6.45, 7) is 0. The van der Waals surface area contributed by atoms with Gasteiger partial charge in [0.05, 0.1) is 4.88 Å². The Morgan fingerprint density at radius 3 is 2.18 bits per heavy atom. The Morgan fingerprint density at radius 2 is 1.71 bits per heavy atom. The van der Waals surface area contributed by atoms with Gasteiger partial charge in [0, 0.05) is 5.41 Å². The van der Waals surface area contributed by atoms with E-state index in [2.05, 4.69) is 0 Å². The summed E-state index contributed by atoms with van der Waals surface area (Å²) in [7, 11) is 0. The first-order valence-electron chi connectivity index (χ1n) is 6.83. The average Bonchev–Trinajstić information content (AvgIpc) is 2.79. The molecule has 1 nitrogen and oxygen atoms in total. The Hall–Kier alpha value is -0.630. The van der Waals surface area contributed by atoms with Gasteiger partial charge in [0.1, 0.15) is 0 Å². The van der Waals surface area contributed by atoms with Crippen molar-refractivity contribution in [2.45, 2.75) is 38.5 Å². The van der Waals surface area contributed by atoms with Gasteiger partial charge >= 0.3 is 0 Å². The summed E-state index contributed by atoms with van der Waals surface area (Å²) in [5, 5.41) is 2.04. The number of carbonyl (C=O) groups excluding carboxylic acids is 1. The van der Waals surface area contributed by atoms with Gasteiger partial charge in [-0.2, -0.15) is 0 Å². The first-order valence-corrected chi connectivity index (χ1v) is 7.71. The molecule has 1 aromatic rings. The van der Waals surface area contributed by atoms with E-state index in [4.69, 9.17) is 0 Å². The maximum atomic E-state index is 12.8. The zero-order valence-electron chi connectivity index (χ0n) is 10.0. The molecule has 0 spiro atoms. The fourth-order valence-electron chi connectivity index (χ4n) is 5.06. The van der Waals surface area contributed by atoms with Crippen LogP contribution in [0.2, 0.25) is 0 Å². The van der Waals surface area contributed by atoms with Crippen molar-refractivity contribution >= 4 is 17.1 Å². The summed E-state index contributed by atoms with van der Waals surface area (Å²) < 4.78 is 0. The summed E-state index contributed by atoms with van der Waals surface area (Å²) >= 11 is 1.63. The predicted octanol–water partition coefficient (Wildman–Crippen LogP) is 4.15. The lowest BCUT2D eigenvalue weighted by Gasteiger charge is -2.55. The normalized spacial score (nSPS) is 42.9. The standard InChI is InChI=1S/C15H18OS/c16-14(13-2-1-3-17-13)15-7-10-4-11(8-15)6-12(5-10)9-15/h1-3,10-12H,4-9H2. The van der Waals surface area contributed by atoms with Crippen LogP contribution in [-0.4, -0.2) is 5.78 Å². The highest BCUT2D eigenvalue weighted by molar-refractivity contribution is 7.12. The molecule has 0 N–H and O–H groups in total. The lowest BCUT2D eigenvalue weighted by molar-refractivity contribution is -0.0350. The van der Waals surface area contributed by atoms with E-state index < -0.39 is 0 Å². The molecule has 17 heavy (non-hydrogen) atoms. The van der Waals surface area contributed by atoms with Gasteiger partial charge in [0.2, 0.25) is 0 Å². The Labute approximate surface area is 106 Å². The van der Waals surface area contributed by atoms with Crippen molar-refractivity contribution in [1.82, 2.24) is 0 Å².